The lowest BCUT2D eigenvalue weighted by Crippen LogP contribution is -2.19. The summed E-state index contributed by atoms with van der Waals surface area (Å²) >= 11 is 0. The van der Waals surface area contributed by atoms with Gasteiger partial charge in [-0.15, -0.1) is 0 Å². The van der Waals surface area contributed by atoms with Crippen molar-refractivity contribution in [1.29, 1.82) is 0 Å². The van der Waals surface area contributed by atoms with Crippen molar-refractivity contribution in [1.82, 2.24) is 0 Å². The summed E-state index contributed by atoms with van der Waals surface area (Å²) in [5.74, 6) is -0.753. The first-order chi connectivity index (χ1) is 10.6. The lowest BCUT2D eigenvalue weighted by molar-refractivity contribution is -0.133. The molecule has 2 rings (SSSR count). The van der Waals surface area contributed by atoms with Crippen LogP contribution in [0.1, 0.15) is 13.3 Å². The number of hydrogen-bond acceptors (Lipinski definition) is 4. The number of carbonyl (C=O) groups is 2. The predicted octanol–water partition coefficient (Wildman–Crippen LogP) is 3.31. The highest BCUT2D eigenvalue weighted by Gasteiger charge is 2.12. The quantitative estimate of drug-likeness (QED) is 0.534. The molecular formula is C17H16N2O3. The van der Waals surface area contributed by atoms with Crippen molar-refractivity contribution in [2.45, 2.75) is 13.3 Å². The van der Waals surface area contributed by atoms with Crippen LogP contribution in [0.3, 0.4) is 0 Å². The third-order valence-corrected chi connectivity index (χ3v) is 2.64. The molecule has 0 saturated carbocycles. The maximum absolute atomic E-state index is 12.0. The maximum Gasteiger partial charge on any atom is 0.309 e. The number of carbonyl (C=O) groups excluding carboxylic acids is 2. The average Bonchev–Trinajstić information content (AvgIpc) is 2.48. The number of nitrogens with zero attached hydrogens (tertiary/aromatic N) is 1. The highest BCUT2D eigenvalue weighted by molar-refractivity contribution is 6.06. The van der Waals surface area contributed by atoms with Crippen LogP contribution in [0.2, 0.25) is 0 Å². The Morgan fingerprint density at radius 2 is 1.59 bits per heavy atom. The summed E-state index contributed by atoms with van der Waals surface area (Å²) in [7, 11) is 0. The van der Waals surface area contributed by atoms with Gasteiger partial charge in [-0.2, -0.15) is 0 Å². The molecule has 0 fully saturated rings. The van der Waals surface area contributed by atoms with Crippen molar-refractivity contribution in [3.63, 3.8) is 0 Å². The van der Waals surface area contributed by atoms with E-state index in [-0.39, 0.29) is 18.2 Å². The van der Waals surface area contributed by atoms with E-state index in [9.17, 15) is 9.59 Å². The van der Waals surface area contributed by atoms with Crippen LogP contribution >= 0.6 is 0 Å². The van der Waals surface area contributed by atoms with Gasteiger partial charge in [0.2, 0.25) is 11.8 Å². The Hall–Kier alpha value is -2.95. The molecule has 112 valence electrons. The zero-order valence-electron chi connectivity index (χ0n) is 12.2. The minimum Gasteiger partial charge on any atom is -0.411 e. The van der Waals surface area contributed by atoms with Crippen LogP contribution in [0.15, 0.2) is 65.7 Å². The Bertz CT molecular complexity index is 667. The molecule has 0 aliphatic carbocycles. The molecule has 0 unspecified atom stereocenters. The number of benzene rings is 2. The van der Waals surface area contributed by atoms with Gasteiger partial charge in [0, 0.05) is 12.6 Å². The fourth-order valence-corrected chi connectivity index (χ4v) is 1.77. The van der Waals surface area contributed by atoms with Gasteiger partial charge in [0.05, 0.1) is 5.69 Å². The normalized spacial score (nSPS) is 10.9. The number of aliphatic imine (C=N–C) groups is 1. The summed E-state index contributed by atoms with van der Waals surface area (Å²) in [5, 5.41) is 2.72. The van der Waals surface area contributed by atoms with Gasteiger partial charge in [-0.25, -0.2) is 4.99 Å². The molecule has 22 heavy (non-hydrogen) atoms. The summed E-state index contributed by atoms with van der Waals surface area (Å²) in [6.07, 6.45) is -0.122. The van der Waals surface area contributed by atoms with Gasteiger partial charge in [0.25, 0.3) is 0 Å². The molecule has 1 amide bonds. The molecule has 5 heteroatoms. The Morgan fingerprint density at radius 3 is 2.18 bits per heavy atom. The molecule has 1 N–H and O–H groups in total. The van der Waals surface area contributed by atoms with E-state index in [1.165, 1.54) is 6.92 Å². The summed E-state index contributed by atoms with van der Waals surface area (Å²) in [4.78, 5) is 27.4. The van der Waals surface area contributed by atoms with Crippen molar-refractivity contribution in [3.8, 4) is 0 Å². The largest absolute Gasteiger partial charge is 0.411 e. The predicted molar refractivity (Wildman–Crippen MR) is 85.0 cm³/mol. The first-order valence-electron chi connectivity index (χ1n) is 6.79. The minimum atomic E-state index is -0.512. The molecule has 0 bridgehead atoms. The van der Waals surface area contributed by atoms with Crippen LogP contribution in [0.5, 0.6) is 0 Å². The van der Waals surface area contributed by atoms with Crippen LogP contribution < -0.4 is 5.32 Å². The third kappa shape index (κ3) is 5.20. The Kier molecular flexibility index (Phi) is 5.43. The molecule has 2 aromatic carbocycles. The van der Waals surface area contributed by atoms with Crippen molar-refractivity contribution in [2.75, 3.05) is 5.32 Å². The van der Waals surface area contributed by atoms with Gasteiger partial charge in [-0.3, -0.25) is 9.59 Å². The molecule has 0 spiro atoms. The molecule has 0 aliphatic heterocycles. The monoisotopic (exact) mass is 296 g/mol. The zero-order valence-corrected chi connectivity index (χ0v) is 12.2. The van der Waals surface area contributed by atoms with Crippen LogP contribution in [0.25, 0.3) is 0 Å². The van der Waals surface area contributed by atoms with Gasteiger partial charge >= 0.3 is 5.97 Å². The zero-order chi connectivity index (χ0) is 15.8. The third-order valence-electron chi connectivity index (χ3n) is 2.64. The average molecular weight is 296 g/mol. The highest BCUT2D eigenvalue weighted by atomic mass is 16.5. The number of ether oxygens (including phenoxy) is 1. The van der Waals surface area contributed by atoms with E-state index in [2.05, 4.69) is 10.3 Å². The molecule has 0 saturated heterocycles. The first-order valence-corrected chi connectivity index (χ1v) is 6.79. The molecule has 0 aliphatic rings. The number of hydrogen-bond donors (Lipinski definition) is 1. The second kappa shape index (κ2) is 7.73. The lowest BCUT2D eigenvalue weighted by Gasteiger charge is -2.07. The van der Waals surface area contributed by atoms with E-state index in [4.69, 9.17) is 4.74 Å². The van der Waals surface area contributed by atoms with Gasteiger partial charge in [-0.1, -0.05) is 36.4 Å². The van der Waals surface area contributed by atoms with Gasteiger partial charge in [0.15, 0.2) is 0 Å². The number of rotatable bonds is 4. The van der Waals surface area contributed by atoms with E-state index in [1.54, 1.807) is 24.3 Å². The fourth-order valence-electron chi connectivity index (χ4n) is 1.77. The highest BCUT2D eigenvalue weighted by Crippen LogP contribution is 2.12. The molecule has 0 aromatic heterocycles. The van der Waals surface area contributed by atoms with Crippen molar-refractivity contribution in [3.05, 3.63) is 60.7 Å². The van der Waals surface area contributed by atoms with Crippen molar-refractivity contribution < 1.29 is 14.3 Å². The van der Waals surface area contributed by atoms with Crippen LogP contribution in [-0.2, 0) is 14.3 Å². The summed E-state index contributed by atoms with van der Waals surface area (Å²) in [6.45, 7) is 1.27. The number of para-hydroxylation sites is 2. The molecule has 5 nitrogen and oxygen atoms in total. The summed E-state index contributed by atoms with van der Waals surface area (Å²) < 4.78 is 5.01. The smallest absolute Gasteiger partial charge is 0.309 e. The number of amides is 1. The van der Waals surface area contributed by atoms with E-state index in [1.807, 2.05) is 36.4 Å². The number of esters is 1. The van der Waals surface area contributed by atoms with Gasteiger partial charge < -0.3 is 10.1 Å². The fraction of sp³-hybridized carbons (Fsp3) is 0.118. The molecule has 0 atom stereocenters. The Balaban J connectivity index is 2.08. The first kappa shape index (κ1) is 15.4. The SMILES string of the molecule is CC(=O)OC(CC(=O)Nc1ccccc1)=Nc1ccccc1. The van der Waals surface area contributed by atoms with Crippen molar-refractivity contribution >= 4 is 29.1 Å². The summed E-state index contributed by atoms with van der Waals surface area (Å²) in [5.41, 5.74) is 1.29. The molecule has 0 heterocycles. The van der Waals surface area contributed by atoms with E-state index >= 15 is 0 Å². The van der Waals surface area contributed by atoms with E-state index < -0.39 is 5.97 Å². The van der Waals surface area contributed by atoms with Crippen molar-refractivity contribution in [2.24, 2.45) is 4.99 Å². The lowest BCUT2D eigenvalue weighted by atomic mass is 10.3. The number of anilines is 1. The molecule has 0 radical (unpaired) electrons. The maximum atomic E-state index is 12.0. The van der Waals surface area contributed by atoms with Crippen LogP contribution in [-0.4, -0.2) is 17.8 Å². The van der Waals surface area contributed by atoms with Gasteiger partial charge in [0.1, 0.15) is 6.42 Å². The second-order valence-corrected chi connectivity index (χ2v) is 4.53. The minimum absolute atomic E-state index is 0.0622. The van der Waals surface area contributed by atoms with Crippen LogP contribution in [0.4, 0.5) is 11.4 Å². The Labute approximate surface area is 128 Å². The topological polar surface area (TPSA) is 67.8 Å². The van der Waals surface area contributed by atoms with Gasteiger partial charge in [-0.05, 0) is 24.3 Å². The van der Waals surface area contributed by atoms with E-state index in [0.29, 0.717) is 11.4 Å². The Morgan fingerprint density at radius 1 is 1.00 bits per heavy atom. The standard InChI is InChI=1S/C17H16N2O3/c1-13(20)22-17(19-15-10-6-3-7-11-15)12-16(21)18-14-8-4-2-5-9-14/h2-11H,12H2,1H3,(H,18,21). The molecule has 2 aromatic rings. The van der Waals surface area contributed by atoms with E-state index in [0.717, 1.165) is 0 Å². The molecular weight excluding hydrogens is 280 g/mol. The van der Waals surface area contributed by atoms with Crippen LogP contribution in [0, 0.1) is 0 Å². The number of nitrogens with one attached hydrogen (secondary N) is 1. The second-order valence-electron chi connectivity index (χ2n) is 4.53. The summed E-state index contributed by atoms with van der Waals surface area (Å²) in [6, 6.07) is 18.1.